The number of hydrogen-bond acceptors (Lipinski definition) is 5. The molecule has 184 valence electrons. The van der Waals surface area contributed by atoms with Gasteiger partial charge in [0.15, 0.2) is 6.10 Å². The second-order valence-corrected chi connectivity index (χ2v) is 8.99. The summed E-state index contributed by atoms with van der Waals surface area (Å²) in [4.78, 5) is 25.5. The number of amides is 2. The molecular formula is C25H31Cl2N3O4. The lowest BCUT2D eigenvalue weighted by Gasteiger charge is -2.22. The van der Waals surface area contributed by atoms with Crippen LogP contribution in [0.15, 0.2) is 47.6 Å². The van der Waals surface area contributed by atoms with Crippen LogP contribution in [0.2, 0.25) is 10.0 Å². The molecule has 0 aromatic heterocycles. The van der Waals surface area contributed by atoms with Crippen LogP contribution in [0.5, 0.6) is 11.5 Å². The van der Waals surface area contributed by atoms with Crippen molar-refractivity contribution >= 4 is 41.2 Å². The summed E-state index contributed by atoms with van der Waals surface area (Å²) in [5.74, 6) is 0.287. The van der Waals surface area contributed by atoms with E-state index in [1.54, 1.807) is 19.1 Å². The smallest absolute Gasteiger partial charge is 0.262 e. The first-order valence-electron chi connectivity index (χ1n) is 11.2. The average molecular weight is 508 g/mol. The topological polar surface area (TPSA) is 89.0 Å². The van der Waals surface area contributed by atoms with E-state index in [-0.39, 0.29) is 5.92 Å². The molecule has 0 aliphatic heterocycles. The molecule has 0 fully saturated rings. The van der Waals surface area contributed by atoms with E-state index in [2.05, 4.69) is 15.8 Å². The maximum Gasteiger partial charge on any atom is 0.262 e. The molecule has 2 atom stereocenters. The summed E-state index contributed by atoms with van der Waals surface area (Å²) >= 11 is 12.0. The van der Waals surface area contributed by atoms with Gasteiger partial charge in [0.2, 0.25) is 0 Å². The van der Waals surface area contributed by atoms with E-state index in [1.807, 2.05) is 45.0 Å². The van der Waals surface area contributed by atoms with Crippen LogP contribution >= 0.6 is 23.2 Å². The fraction of sp³-hybridized carbons (Fsp3) is 0.400. The first-order valence-corrected chi connectivity index (χ1v) is 11.9. The van der Waals surface area contributed by atoms with Gasteiger partial charge in [0.05, 0.1) is 17.8 Å². The van der Waals surface area contributed by atoms with Crippen LogP contribution in [-0.2, 0) is 9.59 Å². The molecule has 2 aromatic rings. The van der Waals surface area contributed by atoms with E-state index in [1.165, 1.54) is 12.3 Å². The molecule has 0 saturated carbocycles. The van der Waals surface area contributed by atoms with Crippen molar-refractivity contribution in [2.45, 2.75) is 52.7 Å². The Balaban J connectivity index is 2.02. The second-order valence-electron chi connectivity index (χ2n) is 8.15. The maximum atomic E-state index is 12.8. The van der Waals surface area contributed by atoms with Gasteiger partial charge in [0, 0.05) is 10.6 Å². The number of rotatable bonds is 12. The van der Waals surface area contributed by atoms with E-state index in [0.717, 1.165) is 12.0 Å². The Morgan fingerprint density at radius 1 is 1.06 bits per heavy atom. The highest BCUT2D eigenvalue weighted by atomic mass is 35.5. The van der Waals surface area contributed by atoms with E-state index < -0.39 is 24.0 Å². The molecule has 0 radical (unpaired) electrons. The molecule has 34 heavy (non-hydrogen) atoms. The summed E-state index contributed by atoms with van der Waals surface area (Å²) in [7, 11) is 0. The highest BCUT2D eigenvalue weighted by Gasteiger charge is 2.25. The minimum Gasteiger partial charge on any atom is -0.493 e. The normalized spacial score (nSPS) is 12.9. The lowest BCUT2D eigenvalue weighted by Crippen LogP contribution is -2.49. The van der Waals surface area contributed by atoms with Gasteiger partial charge in [-0.25, -0.2) is 5.43 Å². The largest absolute Gasteiger partial charge is 0.493 e. The van der Waals surface area contributed by atoms with Gasteiger partial charge < -0.3 is 14.8 Å². The first kappa shape index (κ1) is 27.5. The predicted molar refractivity (Wildman–Crippen MR) is 136 cm³/mol. The summed E-state index contributed by atoms with van der Waals surface area (Å²) in [6, 6.07) is 11.4. The summed E-state index contributed by atoms with van der Waals surface area (Å²) in [5, 5.41) is 7.56. The monoisotopic (exact) mass is 507 g/mol. The van der Waals surface area contributed by atoms with Crippen molar-refractivity contribution in [3.05, 3.63) is 58.1 Å². The van der Waals surface area contributed by atoms with Gasteiger partial charge in [-0.1, -0.05) is 56.1 Å². The third-order valence-electron chi connectivity index (χ3n) is 4.67. The minimum absolute atomic E-state index is 0.158. The van der Waals surface area contributed by atoms with E-state index >= 15 is 0 Å². The van der Waals surface area contributed by atoms with Crippen molar-refractivity contribution in [2.75, 3.05) is 6.61 Å². The van der Waals surface area contributed by atoms with Crippen molar-refractivity contribution in [1.29, 1.82) is 0 Å². The van der Waals surface area contributed by atoms with Crippen molar-refractivity contribution in [3.63, 3.8) is 0 Å². The molecule has 9 heteroatoms. The van der Waals surface area contributed by atoms with Gasteiger partial charge in [-0.05, 0) is 56.0 Å². The summed E-state index contributed by atoms with van der Waals surface area (Å²) < 4.78 is 11.3. The molecular weight excluding hydrogens is 477 g/mol. The molecule has 0 saturated heterocycles. The minimum atomic E-state index is -0.882. The van der Waals surface area contributed by atoms with Crippen LogP contribution in [0.4, 0.5) is 0 Å². The van der Waals surface area contributed by atoms with E-state index in [9.17, 15) is 9.59 Å². The average Bonchev–Trinajstić information content (AvgIpc) is 2.79. The molecule has 2 amide bonds. The highest BCUT2D eigenvalue weighted by Crippen LogP contribution is 2.28. The third-order valence-corrected chi connectivity index (χ3v) is 5.20. The van der Waals surface area contributed by atoms with Crippen LogP contribution < -0.4 is 20.2 Å². The van der Waals surface area contributed by atoms with Gasteiger partial charge in [-0.2, -0.15) is 5.10 Å². The number of carbonyl (C=O) groups is 2. The Morgan fingerprint density at radius 2 is 1.79 bits per heavy atom. The number of ether oxygens (including phenoxy) is 2. The quantitative estimate of drug-likeness (QED) is 0.304. The SMILES string of the molecule is CCCOc1ccccc1/C=N\NC(=O)[C@H](CC(C)C)NC(=O)[C@H](C)Oc1ccc(Cl)cc1Cl. The Morgan fingerprint density at radius 3 is 2.47 bits per heavy atom. The van der Waals surface area contributed by atoms with Crippen LogP contribution in [-0.4, -0.2) is 36.8 Å². The van der Waals surface area contributed by atoms with E-state index in [4.69, 9.17) is 32.7 Å². The standard InChI is InChI=1S/C25H31Cl2N3O4/c1-5-12-33-22-9-7-6-8-18(22)15-28-30-25(32)21(13-16(2)3)29-24(31)17(4)34-23-11-10-19(26)14-20(23)27/h6-11,14-17,21H,5,12-13H2,1-4H3,(H,29,31)(H,30,32)/b28-15-/t17-,21-/m0/s1. The molecule has 0 heterocycles. The van der Waals surface area contributed by atoms with Crippen LogP contribution in [0.25, 0.3) is 0 Å². The molecule has 7 nitrogen and oxygen atoms in total. The Kier molecular flexibility index (Phi) is 11.2. The van der Waals surface area contributed by atoms with E-state index in [0.29, 0.717) is 34.6 Å². The Bertz CT molecular complexity index is 998. The number of para-hydroxylation sites is 1. The Labute approximate surface area is 210 Å². The highest BCUT2D eigenvalue weighted by molar-refractivity contribution is 6.35. The number of nitrogens with zero attached hydrogens (tertiary/aromatic N) is 1. The molecule has 2 rings (SSSR count). The zero-order valence-electron chi connectivity index (χ0n) is 19.8. The zero-order chi connectivity index (χ0) is 25.1. The number of carbonyl (C=O) groups excluding carboxylic acids is 2. The third kappa shape index (κ3) is 8.88. The molecule has 2 N–H and O–H groups in total. The van der Waals surface area contributed by atoms with Crippen molar-refractivity contribution in [3.8, 4) is 11.5 Å². The summed E-state index contributed by atoms with van der Waals surface area (Å²) in [6.07, 6.45) is 1.95. The van der Waals surface area contributed by atoms with Gasteiger partial charge in [0.1, 0.15) is 17.5 Å². The van der Waals surface area contributed by atoms with Gasteiger partial charge >= 0.3 is 0 Å². The van der Waals surface area contributed by atoms with Crippen molar-refractivity contribution < 1.29 is 19.1 Å². The molecule has 0 aliphatic rings. The fourth-order valence-corrected chi connectivity index (χ4v) is 3.43. The van der Waals surface area contributed by atoms with Crippen molar-refractivity contribution in [2.24, 2.45) is 11.0 Å². The van der Waals surface area contributed by atoms with Crippen molar-refractivity contribution in [1.82, 2.24) is 10.7 Å². The molecule has 2 aromatic carbocycles. The maximum absolute atomic E-state index is 12.8. The van der Waals surface area contributed by atoms with Crippen LogP contribution in [0.1, 0.15) is 46.1 Å². The number of hydrazone groups is 1. The molecule has 0 aliphatic carbocycles. The first-order chi connectivity index (χ1) is 16.2. The van der Waals surface area contributed by atoms with Gasteiger partial charge in [-0.15, -0.1) is 0 Å². The summed E-state index contributed by atoms with van der Waals surface area (Å²) in [6.45, 7) is 8.11. The lowest BCUT2D eigenvalue weighted by atomic mass is 10.0. The Hall–Kier alpha value is -2.77. The number of hydrogen-bond donors (Lipinski definition) is 2. The molecule has 0 unspecified atom stereocenters. The number of halogens is 2. The predicted octanol–water partition coefficient (Wildman–Crippen LogP) is 5.23. The van der Waals surface area contributed by atoms with Crippen LogP contribution in [0.3, 0.4) is 0 Å². The summed E-state index contributed by atoms with van der Waals surface area (Å²) in [5.41, 5.74) is 3.25. The second kappa shape index (κ2) is 13.8. The lowest BCUT2D eigenvalue weighted by molar-refractivity contribution is -0.132. The molecule has 0 bridgehead atoms. The molecule has 0 spiro atoms. The van der Waals surface area contributed by atoms with Crippen LogP contribution in [0, 0.1) is 5.92 Å². The van der Waals surface area contributed by atoms with Gasteiger partial charge in [-0.3, -0.25) is 9.59 Å². The fourth-order valence-electron chi connectivity index (χ4n) is 2.98. The number of benzene rings is 2. The number of nitrogens with one attached hydrogen (secondary N) is 2. The van der Waals surface area contributed by atoms with Gasteiger partial charge in [0.25, 0.3) is 11.8 Å². The zero-order valence-corrected chi connectivity index (χ0v) is 21.3.